The molecule has 0 aromatic carbocycles. The fraction of sp³-hybridized carbons (Fsp3) is 0.714. The van der Waals surface area contributed by atoms with Crippen LogP contribution in [0.25, 0.3) is 0 Å². The lowest BCUT2D eigenvalue weighted by Crippen LogP contribution is -2.37. The monoisotopic (exact) mass is 314 g/mol. The Morgan fingerprint density at radius 1 is 1.18 bits per heavy atom. The first kappa shape index (κ1) is 15.4. The number of morpholine rings is 1. The van der Waals surface area contributed by atoms with Crippen molar-refractivity contribution in [3.05, 3.63) is 12.3 Å². The number of aromatic nitrogens is 2. The highest BCUT2D eigenvalue weighted by atomic mass is 19.3. The summed E-state index contributed by atoms with van der Waals surface area (Å²) >= 11 is 0. The summed E-state index contributed by atoms with van der Waals surface area (Å²) < 4.78 is 32.5. The molecule has 1 aromatic rings. The minimum absolute atomic E-state index is 0.0316. The molecule has 2 saturated heterocycles. The van der Waals surface area contributed by atoms with E-state index in [0.717, 1.165) is 13.1 Å². The van der Waals surface area contributed by atoms with E-state index in [0.29, 0.717) is 31.5 Å². The third-order valence-corrected chi connectivity index (χ3v) is 4.12. The fourth-order valence-corrected chi connectivity index (χ4v) is 2.71. The Hall–Kier alpha value is -1.54. The number of rotatable bonds is 2. The summed E-state index contributed by atoms with van der Waals surface area (Å²) in [6.45, 7) is 3.24. The SMILES string of the molecule is OC1CCN(c2ccnc(N3CCOCC3)n2)CCC1(F)F. The van der Waals surface area contributed by atoms with Gasteiger partial charge in [0.2, 0.25) is 5.95 Å². The molecule has 3 heterocycles. The summed E-state index contributed by atoms with van der Waals surface area (Å²) in [5.41, 5.74) is 0. The van der Waals surface area contributed by atoms with Crippen molar-refractivity contribution in [3.8, 4) is 0 Å². The van der Waals surface area contributed by atoms with Gasteiger partial charge in [-0.2, -0.15) is 4.98 Å². The molecule has 6 nitrogen and oxygen atoms in total. The smallest absolute Gasteiger partial charge is 0.275 e. The molecule has 1 unspecified atom stereocenters. The van der Waals surface area contributed by atoms with E-state index in [2.05, 4.69) is 9.97 Å². The number of aliphatic hydroxyl groups is 1. The molecule has 2 aliphatic heterocycles. The molecule has 0 bridgehead atoms. The van der Waals surface area contributed by atoms with Crippen LogP contribution in [-0.4, -0.2) is 66.5 Å². The Bertz CT molecular complexity index is 511. The van der Waals surface area contributed by atoms with E-state index in [9.17, 15) is 13.9 Å². The van der Waals surface area contributed by atoms with Gasteiger partial charge in [-0.15, -0.1) is 0 Å². The number of alkyl halides is 2. The number of aliphatic hydroxyl groups excluding tert-OH is 1. The number of hydrogen-bond donors (Lipinski definition) is 1. The van der Waals surface area contributed by atoms with Gasteiger partial charge in [-0.25, -0.2) is 13.8 Å². The van der Waals surface area contributed by atoms with Crippen LogP contribution in [-0.2, 0) is 4.74 Å². The normalized spacial score (nSPS) is 25.9. The summed E-state index contributed by atoms with van der Waals surface area (Å²) in [6, 6.07) is 1.72. The van der Waals surface area contributed by atoms with Crippen LogP contribution < -0.4 is 9.80 Å². The molecule has 0 radical (unpaired) electrons. The van der Waals surface area contributed by atoms with Crippen molar-refractivity contribution in [1.29, 1.82) is 0 Å². The fourth-order valence-electron chi connectivity index (χ4n) is 2.71. The quantitative estimate of drug-likeness (QED) is 0.875. The molecule has 122 valence electrons. The topological polar surface area (TPSA) is 61.7 Å². The third-order valence-electron chi connectivity index (χ3n) is 4.12. The van der Waals surface area contributed by atoms with Crippen LogP contribution in [0, 0.1) is 0 Å². The van der Waals surface area contributed by atoms with Crippen molar-refractivity contribution in [1.82, 2.24) is 9.97 Å². The van der Waals surface area contributed by atoms with E-state index in [1.807, 2.05) is 4.90 Å². The maximum Gasteiger partial charge on any atom is 0.275 e. The van der Waals surface area contributed by atoms with Crippen molar-refractivity contribution in [2.24, 2.45) is 0 Å². The van der Waals surface area contributed by atoms with Crippen molar-refractivity contribution in [3.63, 3.8) is 0 Å². The number of hydrogen-bond acceptors (Lipinski definition) is 6. The maximum absolute atomic E-state index is 13.6. The molecule has 0 saturated carbocycles. The van der Waals surface area contributed by atoms with Crippen LogP contribution in [0.4, 0.5) is 20.5 Å². The first-order chi connectivity index (χ1) is 10.6. The molecule has 1 N–H and O–H groups in total. The zero-order valence-electron chi connectivity index (χ0n) is 12.3. The molecule has 3 rings (SSSR count). The molecule has 0 aliphatic carbocycles. The van der Waals surface area contributed by atoms with Crippen LogP contribution >= 0.6 is 0 Å². The molecule has 0 spiro atoms. The summed E-state index contributed by atoms with van der Waals surface area (Å²) in [6.07, 6.45) is -0.278. The van der Waals surface area contributed by atoms with Gasteiger partial charge in [0.1, 0.15) is 11.9 Å². The molecule has 22 heavy (non-hydrogen) atoms. The molecule has 0 amide bonds. The molecule has 8 heteroatoms. The highest BCUT2D eigenvalue weighted by Gasteiger charge is 2.40. The Morgan fingerprint density at radius 2 is 1.95 bits per heavy atom. The largest absolute Gasteiger partial charge is 0.387 e. The number of nitrogens with zero attached hydrogens (tertiary/aromatic N) is 4. The maximum atomic E-state index is 13.6. The van der Waals surface area contributed by atoms with Crippen LogP contribution in [0.2, 0.25) is 0 Å². The van der Waals surface area contributed by atoms with Crippen LogP contribution in [0.15, 0.2) is 12.3 Å². The molecular weight excluding hydrogens is 294 g/mol. The average Bonchev–Trinajstić information content (AvgIpc) is 2.68. The molecule has 1 atom stereocenters. The van der Waals surface area contributed by atoms with Crippen molar-refractivity contribution >= 4 is 11.8 Å². The van der Waals surface area contributed by atoms with Gasteiger partial charge < -0.3 is 19.6 Å². The molecular formula is C14H20F2N4O2. The Morgan fingerprint density at radius 3 is 2.73 bits per heavy atom. The zero-order valence-corrected chi connectivity index (χ0v) is 12.3. The lowest BCUT2D eigenvalue weighted by atomic mass is 10.1. The summed E-state index contributed by atoms with van der Waals surface area (Å²) in [5, 5.41) is 9.51. The zero-order chi connectivity index (χ0) is 15.6. The Labute approximate surface area is 127 Å². The second kappa shape index (κ2) is 6.29. The second-order valence-electron chi connectivity index (χ2n) is 5.62. The molecule has 2 aliphatic rings. The Kier molecular flexibility index (Phi) is 4.39. The van der Waals surface area contributed by atoms with E-state index in [1.54, 1.807) is 17.2 Å². The van der Waals surface area contributed by atoms with Crippen molar-refractivity contribution in [2.45, 2.75) is 24.9 Å². The molecule has 1 aromatic heterocycles. The minimum atomic E-state index is -3.03. The van der Waals surface area contributed by atoms with E-state index >= 15 is 0 Å². The summed E-state index contributed by atoms with van der Waals surface area (Å²) in [7, 11) is 0. The highest BCUT2D eigenvalue weighted by Crippen LogP contribution is 2.30. The van der Waals surface area contributed by atoms with Gasteiger partial charge in [-0.05, 0) is 12.5 Å². The molecule has 2 fully saturated rings. The number of anilines is 2. The van der Waals surface area contributed by atoms with E-state index in [-0.39, 0.29) is 19.4 Å². The predicted molar refractivity (Wildman–Crippen MR) is 77.5 cm³/mol. The van der Waals surface area contributed by atoms with Gasteiger partial charge in [-0.1, -0.05) is 0 Å². The van der Waals surface area contributed by atoms with Crippen molar-refractivity contribution < 1.29 is 18.6 Å². The minimum Gasteiger partial charge on any atom is -0.387 e. The standard InChI is InChI=1S/C14H20F2N4O2/c15-14(16)3-6-19(5-2-11(14)21)12-1-4-17-13(18-12)20-7-9-22-10-8-20/h1,4,11,21H,2-3,5-10H2. The lowest BCUT2D eigenvalue weighted by molar-refractivity contribution is -0.108. The third kappa shape index (κ3) is 3.27. The lowest BCUT2D eigenvalue weighted by Gasteiger charge is -2.28. The van der Waals surface area contributed by atoms with Crippen LogP contribution in [0.5, 0.6) is 0 Å². The first-order valence-corrected chi connectivity index (χ1v) is 7.53. The van der Waals surface area contributed by atoms with Crippen LogP contribution in [0.1, 0.15) is 12.8 Å². The van der Waals surface area contributed by atoms with Gasteiger partial charge in [0.25, 0.3) is 5.92 Å². The van der Waals surface area contributed by atoms with E-state index in [1.165, 1.54) is 0 Å². The van der Waals surface area contributed by atoms with Crippen molar-refractivity contribution in [2.75, 3.05) is 49.2 Å². The van der Waals surface area contributed by atoms with Gasteiger partial charge in [0.05, 0.1) is 13.2 Å². The number of halogens is 2. The summed E-state index contributed by atoms with van der Waals surface area (Å²) in [4.78, 5) is 12.6. The first-order valence-electron chi connectivity index (χ1n) is 7.53. The van der Waals surface area contributed by atoms with Gasteiger partial charge in [0.15, 0.2) is 0 Å². The number of ether oxygens (including phenoxy) is 1. The highest BCUT2D eigenvalue weighted by molar-refractivity contribution is 5.44. The van der Waals surface area contributed by atoms with Gasteiger partial charge >= 0.3 is 0 Å². The second-order valence-corrected chi connectivity index (χ2v) is 5.62. The average molecular weight is 314 g/mol. The predicted octanol–water partition coefficient (Wildman–Crippen LogP) is 0.910. The van der Waals surface area contributed by atoms with Gasteiger partial charge in [0, 0.05) is 38.8 Å². The van der Waals surface area contributed by atoms with Crippen LogP contribution in [0.3, 0.4) is 0 Å². The van der Waals surface area contributed by atoms with Gasteiger partial charge in [-0.3, -0.25) is 0 Å². The van der Waals surface area contributed by atoms with E-state index < -0.39 is 12.0 Å². The van der Waals surface area contributed by atoms with E-state index in [4.69, 9.17) is 4.74 Å². The Balaban J connectivity index is 1.74. The summed E-state index contributed by atoms with van der Waals surface area (Å²) in [5.74, 6) is -1.81.